The Kier molecular flexibility index (Phi) is 5.79. The van der Waals surface area contributed by atoms with Crippen molar-refractivity contribution in [1.82, 2.24) is 10.3 Å². The van der Waals surface area contributed by atoms with Crippen molar-refractivity contribution in [2.45, 2.75) is 25.9 Å². The Bertz CT molecular complexity index is 858. The molecule has 1 aliphatic rings. The van der Waals surface area contributed by atoms with Crippen molar-refractivity contribution in [3.8, 4) is 0 Å². The van der Waals surface area contributed by atoms with E-state index in [0.717, 1.165) is 0 Å². The van der Waals surface area contributed by atoms with Gasteiger partial charge in [-0.15, -0.1) is 11.3 Å². The highest BCUT2D eigenvalue weighted by Gasteiger charge is 2.40. The fourth-order valence-electron chi connectivity index (χ4n) is 2.91. The van der Waals surface area contributed by atoms with Crippen LogP contribution in [-0.2, 0) is 9.53 Å². The van der Waals surface area contributed by atoms with E-state index in [4.69, 9.17) is 27.9 Å². The smallest absolute Gasteiger partial charge is 0.313 e. The minimum atomic E-state index is -0.631. The van der Waals surface area contributed by atoms with Gasteiger partial charge >= 0.3 is 5.97 Å². The van der Waals surface area contributed by atoms with Crippen molar-refractivity contribution in [2.24, 2.45) is 10.9 Å². The lowest BCUT2D eigenvalue weighted by Gasteiger charge is -2.34. The molecule has 0 radical (unpaired) electrons. The van der Waals surface area contributed by atoms with Crippen LogP contribution in [0, 0.1) is 11.7 Å². The molecule has 1 N–H and O–H groups in total. The lowest BCUT2D eigenvalue weighted by Crippen LogP contribution is -2.49. The maximum atomic E-state index is 13.5. The molecule has 138 valence electrons. The number of halogens is 3. The maximum Gasteiger partial charge on any atom is 0.313 e. The van der Waals surface area contributed by atoms with Gasteiger partial charge in [-0.3, -0.25) is 9.79 Å². The summed E-state index contributed by atoms with van der Waals surface area (Å²) in [4.78, 5) is 21.4. The number of aliphatic imine (C=N–C) groups is 1. The molecule has 0 aliphatic carbocycles. The number of nitrogens with one attached hydrogen (secondary N) is 1. The average Bonchev–Trinajstić information content (AvgIpc) is 3.01. The van der Waals surface area contributed by atoms with E-state index in [1.165, 1.54) is 23.5 Å². The molecule has 3 atom stereocenters. The van der Waals surface area contributed by atoms with E-state index in [0.29, 0.717) is 21.6 Å². The molecule has 0 fully saturated rings. The van der Waals surface area contributed by atoms with Crippen LogP contribution < -0.4 is 5.32 Å². The normalized spacial score (nSPS) is 22.5. The molecule has 2 heterocycles. The molecule has 5 nitrogen and oxygen atoms in total. The number of benzene rings is 1. The lowest BCUT2D eigenvalue weighted by atomic mass is 9.86. The second-order valence-corrected chi connectivity index (χ2v) is 7.63. The Morgan fingerprint density at radius 2 is 2.19 bits per heavy atom. The number of amidine groups is 1. The summed E-state index contributed by atoms with van der Waals surface area (Å²) in [6.45, 7) is 3.85. The summed E-state index contributed by atoms with van der Waals surface area (Å²) >= 11 is 13.4. The van der Waals surface area contributed by atoms with Crippen LogP contribution in [0.15, 0.2) is 28.6 Å². The van der Waals surface area contributed by atoms with Gasteiger partial charge < -0.3 is 10.1 Å². The number of aromatic nitrogens is 1. The monoisotopic (exact) mass is 415 g/mol. The molecule has 3 rings (SSSR count). The van der Waals surface area contributed by atoms with Crippen LogP contribution >= 0.6 is 34.5 Å². The highest BCUT2D eigenvalue weighted by Crippen LogP contribution is 2.37. The SMILES string of the molecule is CCOC(=O)C1C(C)NC(c2csc(Cl)n2)=NC1c1ccc(F)cc1Cl. The molecule has 0 amide bonds. The summed E-state index contributed by atoms with van der Waals surface area (Å²) in [7, 11) is 0. The molecule has 0 saturated heterocycles. The Morgan fingerprint density at radius 1 is 1.42 bits per heavy atom. The largest absolute Gasteiger partial charge is 0.466 e. The summed E-state index contributed by atoms with van der Waals surface area (Å²) in [5.74, 6) is -0.955. The van der Waals surface area contributed by atoms with Crippen LogP contribution in [-0.4, -0.2) is 29.4 Å². The molecule has 1 aromatic carbocycles. The zero-order valence-corrected chi connectivity index (χ0v) is 16.3. The number of hydrogen-bond acceptors (Lipinski definition) is 6. The third-order valence-electron chi connectivity index (χ3n) is 4.07. The Labute approximate surface area is 164 Å². The van der Waals surface area contributed by atoms with Crippen molar-refractivity contribution in [3.05, 3.63) is 50.1 Å². The Balaban J connectivity index is 2.08. The van der Waals surface area contributed by atoms with Gasteiger partial charge in [-0.05, 0) is 31.5 Å². The highest BCUT2D eigenvalue weighted by atomic mass is 35.5. The number of nitrogens with zero attached hydrogens (tertiary/aromatic N) is 2. The molecule has 0 bridgehead atoms. The lowest BCUT2D eigenvalue weighted by molar-refractivity contribution is -0.149. The maximum absolute atomic E-state index is 13.5. The molecule has 3 unspecified atom stereocenters. The third-order valence-corrected chi connectivity index (χ3v) is 5.38. The summed E-state index contributed by atoms with van der Waals surface area (Å²) in [5, 5.41) is 5.16. The van der Waals surface area contributed by atoms with Gasteiger partial charge in [-0.25, -0.2) is 9.37 Å². The first-order valence-corrected chi connectivity index (χ1v) is 9.61. The number of rotatable bonds is 4. The second-order valence-electron chi connectivity index (χ2n) is 5.78. The van der Waals surface area contributed by atoms with Crippen molar-refractivity contribution >= 4 is 46.3 Å². The molecule has 0 spiro atoms. The van der Waals surface area contributed by atoms with Crippen molar-refractivity contribution < 1.29 is 13.9 Å². The van der Waals surface area contributed by atoms with Crippen molar-refractivity contribution in [2.75, 3.05) is 6.61 Å². The standard InChI is InChI=1S/C17H16Cl2FN3O2S/c1-3-25-16(24)13-8(2)21-15(12-7-26-17(19)22-12)23-14(13)10-5-4-9(20)6-11(10)18/h4-8,13-14H,3H2,1-2H3,(H,21,23). The fraction of sp³-hybridized carbons (Fsp3) is 0.353. The van der Waals surface area contributed by atoms with Gasteiger partial charge in [0.1, 0.15) is 23.3 Å². The number of carbonyl (C=O) groups excluding carboxylic acids is 1. The Hall–Kier alpha value is -1.70. The fourth-order valence-corrected chi connectivity index (χ4v) is 3.94. The van der Waals surface area contributed by atoms with Gasteiger partial charge in [0, 0.05) is 16.4 Å². The Morgan fingerprint density at radius 3 is 2.81 bits per heavy atom. The second kappa shape index (κ2) is 7.90. The van der Waals surface area contributed by atoms with Gasteiger partial charge in [0.2, 0.25) is 0 Å². The van der Waals surface area contributed by atoms with Crippen LogP contribution in [0.1, 0.15) is 31.1 Å². The van der Waals surface area contributed by atoms with Gasteiger partial charge in [-0.1, -0.05) is 29.3 Å². The molecule has 1 aromatic heterocycles. The van der Waals surface area contributed by atoms with Gasteiger partial charge in [0.05, 0.1) is 12.6 Å². The number of thiazole rings is 1. The molecule has 0 saturated carbocycles. The van der Waals surface area contributed by atoms with Crippen molar-refractivity contribution in [3.63, 3.8) is 0 Å². The van der Waals surface area contributed by atoms with E-state index in [1.807, 2.05) is 6.92 Å². The first kappa shape index (κ1) is 19.1. The van der Waals surface area contributed by atoms with Crippen LogP contribution in [0.3, 0.4) is 0 Å². The van der Waals surface area contributed by atoms with E-state index >= 15 is 0 Å². The minimum Gasteiger partial charge on any atom is -0.466 e. The number of ether oxygens (including phenoxy) is 1. The number of esters is 1. The summed E-state index contributed by atoms with van der Waals surface area (Å²) in [6.07, 6.45) is 0. The zero-order chi connectivity index (χ0) is 18.8. The molecule has 1 aliphatic heterocycles. The molecular formula is C17H16Cl2FN3O2S. The van der Waals surface area contributed by atoms with Crippen LogP contribution in [0.25, 0.3) is 0 Å². The van der Waals surface area contributed by atoms with Gasteiger partial charge in [0.25, 0.3) is 0 Å². The number of hydrogen-bond donors (Lipinski definition) is 1. The van der Waals surface area contributed by atoms with Gasteiger partial charge in [-0.2, -0.15) is 0 Å². The van der Waals surface area contributed by atoms with E-state index in [2.05, 4.69) is 15.3 Å². The average molecular weight is 416 g/mol. The van der Waals surface area contributed by atoms with E-state index in [-0.39, 0.29) is 17.7 Å². The van der Waals surface area contributed by atoms with Crippen LogP contribution in [0.4, 0.5) is 4.39 Å². The first-order valence-electron chi connectivity index (χ1n) is 7.98. The van der Waals surface area contributed by atoms with Crippen LogP contribution in [0.2, 0.25) is 9.49 Å². The third kappa shape index (κ3) is 3.84. The summed E-state index contributed by atoms with van der Waals surface area (Å²) in [6, 6.07) is 3.12. The van der Waals surface area contributed by atoms with Crippen molar-refractivity contribution in [1.29, 1.82) is 0 Å². The van der Waals surface area contributed by atoms with Gasteiger partial charge in [0.15, 0.2) is 4.47 Å². The molecule has 26 heavy (non-hydrogen) atoms. The van der Waals surface area contributed by atoms with Crippen LogP contribution in [0.5, 0.6) is 0 Å². The first-order chi connectivity index (χ1) is 12.4. The van der Waals surface area contributed by atoms with E-state index < -0.39 is 23.7 Å². The molecule has 2 aromatic rings. The zero-order valence-electron chi connectivity index (χ0n) is 14.0. The van der Waals surface area contributed by atoms with E-state index in [1.54, 1.807) is 18.4 Å². The van der Waals surface area contributed by atoms with E-state index in [9.17, 15) is 9.18 Å². The highest BCUT2D eigenvalue weighted by molar-refractivity contribution is 7.14. The molecular weight excluding hydrogens is 400 g/mol. The predicted octanol–water partition coefficient (Wildman–Crippen LogP) is 4.25. The summed E-state index contributed by atoms with van der Waals surface area (Å²) < 4.78 is 19.1. The topological polar surface area (TPSA) is 63.6 Å². The quantitative estimate of drug-likeness (QED) is 0.758. The predicted molar refractivity (Wildman–Crippen MR) is 101 cm³/mol. The minimum absolute atomic E-state index is 0.206. The number of carbonyl (C=O) groups is 1. The molecule has 9 heteroatoms. The summed E-state index contributed by atoms with van der Waals surface area (Å²) in [5.41, 5.74) is 1.13.